The summed E-state index contributed by atoms with van der Waals surface area (Å²) < 4.78 is 15.3. The number of hydrogen-bond donors (Lipinski definition) is 13. The Bertz CT molecular complexity index is 2360. The fourth-order valence-electron chi connectivity index (χ4n) is 4.74. The third-order valence-corrected chi connectivity index (χ3v) is 9.05. The second-order valence-electron chi connectivity index (χ2n) is 17.8. The topological polar surface area (TPSA) is 406 Å². The Morgan fingerprint density at radius 3 is 0.914 bits per heavy atom. The van der Waals surface area contributed by atoms with Gasteiger partial charge in [-0.1, -0.05) is 23.5 Å². The van der Waals surface area contributed by atoms with E-state index in [-0.39, 0.29) is 21.8 Å². The van der Waals surface area contributed by atoms with Gasteiger partial charge in [0.15, 0.2) is 10.3 Å². The molecule has 0 aliphatic rings. The minimum Gasteiger partial charge on any atom is -0.444 e. The lowest BCUT2D eigenvalue weighted by molar-refractivity contribution is 0.0518. The van der Waals surface area contributed by atoms with Crippen molar-refractivity contribution in [2.45, 2.75) is 110 Å². The molecular formula is C45H85Cl3N24O6S3. The molecule has 3 amide bonds. The Hall–Kier alpha value is -5.71. The Labute approximate surface area is 505 Å². The van der Waals surface area contributed by atoms with Crippen molar-refractivity contribution >= 4 is 131 Å². The number of nitrogens with zero attached hydrogens (tertiary/aromatic N) is 12. The van der Waals surface area contributed by atoms with E-state index in [0.717, 1.165) is 13.1 Å². The van der Waals surface area contributed by atoms with Crippen LogP contribution in [0.2, 0.25) is 15.9 Å². The molecule has 0 saturated carbocycles. The standard InChI is InChI=1S/C13H24N6O2S.C12H21ClN6O2.C10H15Cl2N5O2.C8H16N6S.CH5N.CH4S/c1-6-14-9-17-10(19-11(18-9)22-5)15-7-8-16-12(20)21-13(2,3)4;1-5-14-9-17-8(13)18-10(19-9)15-6-7-16-11(20)21-12(2,3)4;1-10(2,3)19-9(18)14-5-4-13-8-16-6(11)15-7(12)17-8;1-3-10-6-12-7(11-5-4-9)14-8(13-6)15-2;2*1-2/h6-8H2,1-5H3,(H,16,20)(H2,14,15,17,18,19);5-7H2,1-4H3,(H,16,20)(H2,14,15,17,18,19);4-5H2,1-3H3,(H,14,18)(H,13,15,16,17);3-5,9H2,1-2H3,(H2,10,11,12,13,14);2H2,1H3;2H,1H3. The van der Waals surface area contributed by atoms with Crippen molar-refractivity contribution in [2.75, 3.05) is 135 Å². The summed E-state index contributed by atoms with van der Waals surface area (Å²) in [6.45, 7) is 28.0. The average Bonchev–Trinajstić information content (AvgIpc) is 3.38. The zero-order chi connectivity index (χ0) is 62.0. The lowest BCUT2D eigenvalue weighted by Crippen LogP contribution is -2.35. The number of alkyl carbamates (subject to hydrolysis) is 3. The minimum atomic E-state index is -0.521. The number of thiol groups is 1. The van der Waals surface area contributed by atoms with E-state index in [1.165, 1.54) is 30.6 Å². The lowest BCUT2D eigenvalue weighted by Gasteiger charge is -2.19. The van der Waals surface area contributed by atoms with Crippen molar-refractivity contribution < 1.29 is 28.6 Å². The molecule has 81 heavy (non-hydrogen) atoms. The van der Waals surface area contributed by atoms with Crippen LogP contribution in [-0.2, 0) is 14.2 Å². The molecule has 0 bridgehead atoms. The quantitative estimate of drug-likeness (QED) is 0.0163. The van der Waals surface area contributed by atoms with Gasteiger partial charge in [-0.05, 0) is 144 Å². The Morgan fingerprint density at radius 1 is 0.420 bits per heavy atom. The Morgan fingerprint density at radius 2 is 0.654 bits per heavy atom. The number of carbonyl (C=O) groups is 3. The van der Waals surface area contributed by atoms with Crippen LogP contribution < -0.4 is 64.6 Å². The van der Waals surface area contributed by atoms with Crippen molar-refractivity contribution in [3.8, 4) is 0 Å². The third-order valence-electron chi connectivity index (χ3n) is 7.45. The average molecular weight is 1260 g/mol. The highest BCUT2D eigenvalue weighted by Gasteiger charge is 2.18. The van der Waals surface area contributed by atoms with Gasteiger partial charge in [0.1, 0.15) is 16.8 Å². The number of aromatic nitrogens is 12. The molecule has 4 rings (SSSR count). The summed E-state index contributed by atoms with van der Waals surface area (Å²) in [6.07, 6.45) is 4.13. The van der Waals surface area contributed by atoms with Crippen molar-refractivity contribution in [3.05, 3.63) is 15.9 Å². The summed E-state index contributed by atoms with van der Waals surface area (Å²) in [5.74, 6) is 3.16. The van der Waals surface area contributed by atoms with Crippen LogP contribution in [0.25, 0.3) is 0 Å². The number of nitrogens with two attached hydrogens (primary N) is 2. The van der Waals surface area contributed by atoms with Gasteiger partial charge in [-0.3, -0.25) is 0 Å². The molecule has 0 saturated heterocycles. The molecule has 14 N–H and O–H groups in total. The highest BCUT2D eigenvalue weighted by molar-refractivity contribution is 7.98. The predicted octanol–water partition coefficient (Wildman–Crippen LogP) is 6.49. The molecule has 4 aromatic heterocycles. The molecule has 4 aromatic rings. The molecule has 4 heterocycles. The maximum Gasteiger partial charge on any atom is 0.407 e. The van der Waals surface area contributed by atoms with Gasteiger partial charge >= 0.3 is 18.3 Å². The number of amides is 3. The number of carbonyl (C=O) groups excluding carboxylic acids is 3. The van der Waals surface area contributed by atoms with E-state index in [9.17, 15) is 14.4 Å². The van der Waals surface area contributed by atoms with Crippen LogP contribution in [0.15, 0.2) is 10.3 Å². The fourth-order valence-corrected chi connectivity index (χ4v) is 5.98. The highest BCUT2D eigenvalue weighted by Crippen LogP contribution is 2.16. The van der Waals surface area contributed by atoms with Crippen LogP contribution in [-0.4, -0.2) is 193 Å². The number of halogens is 3. The molecule has 0 aromatic carbocycles. The second-order valence-corrected chi connectivity index (χ2v) is 20.3. The van der Waals surface area contributed by atoms with E-state index >= 15 is 0 Å². The van der Waals surface area contributed by atoms with E-state index in [4.69, 9.17) is 54.7 Å². The molecule has 0 aliphatic carbocycles. The molecule has 0 radical (unpaired) electrons. The zero-order valence-electron chi connectivity index (χ0n) is 49.1. The van der Waals surface area contributed by atoms with Crippen molar-refractivity contribution in [2.24, 2.45) is 11.5 Å². The van der Waals surface area contributed by atoms with Crippen LogP contribution in [0.4, 0.5) is 56.0 Å². The monoisotopic (exact) mass is 1260 g/mol. The molecule has 0 spiro atoms. The number of nitrogens with one attached hydrogen (secondary N) is 10. The SMILES string of the molecule is CC(C)(C)OC(=O)NCCNc1nc(Cl)nc(Cl)n1.CCNc1nc(Cl)nc(NCCNC(=O)OC(C)(C)C)n1.CCNc1nc(NCCN)nc(SC)n1.CCNc1nc(NCCNC(=O)OC(C)(C)C)nc(SC)n1.CN.CS. The smallest absolute Gasteiger partial charge is 0.407 e. The van der Waals surface area contributed by atoms with E-state index in [0.29, 0.717) is 105 Å². The highest BCUT2D eigenvalue weighted by atomic mass is 35.5. The van der Waals surface area contributed by atoms with Crippen molar-refractivity contribution in [1.82, 2.24) is 75.8 Å². The fraction of sp³-hybridized carbons (Fsp3) is 0.667. The summed E-state index contributed by atoms with van der Waals surface area (Å²) in [6, 6.07) is 0. The van der Waals surface area contributed by atoms with Gasteiger partial charge in [0, 0.05) is 72.0 Å². The van der Waals surface area contributed by atoms with Gasteiger partial charge in [0.25, 0.3) is 0 Å². The predicted molar refractivity (Wildman–Crippen MR) is 331 cm³/mol. The summed E-state index contributed by atoms with van der Waals surface area (Å²) in [5, 5.41) is 30.2. The first-order valence-electron chi connectivity index (χ1n) is 25.1. The van der Waals surface area contributed by atoms with Crippen LogP contribution in [0.5, 0.6) is 0 Å². The van der Waals surface area contributed by atoms with Crippen molar-refractivity contribution in [3.63, 3.8) is 0 Å². The zero-order valence-corrected chi connectivity index (χ0v) is 53.9. The normalized spacial score (nSPS) is 10.4. The molecular weight excluding hydrogens is 1180 g/mol. The van der Waals surface area contributed by atoms with E-state index in [1.54, 1.807) is 47.8 Å². The summed E-state index contributed by atoms with van der Waals surface area (Å²) in [5.41, 5.74) is 8.35. The molecule has 0 atom stereocenters. The van der Waals surface area contributed by atoms with Crippen LogP contribution in [0.1, 0.15) is 83.1 Å². The number of thioether (sulfide) groups is 2. The lowest BCUT2D eigenvalue weighted by atomic mass is 10.2. The minimum absolute atomic E-state index is 0.00241. The van der Waals surface area contributed by atoms with Gasteiger partial charge in [0.2, 0.25) is 57.5 Å². The molecule has 460 valence electrons. The van der Waals surface area contributed by atoms with Gasteiger partial charge in [-0.15, -0.1) is 0 Å². The van der Waals surface area contributed by atoms with Gasteiger partial charge < -0.3 is 78.8 Å². The second kappa shape index (κ2) is 43.9. The van der Waals surface area contributed by atoms with E-state index < -0.39 is 35.1 Å². The third kappa shape index (κ3) is 42.8. The van der Waals surface area contributed by atoms with Gasteiger partial charge in [-0.2, -0.15) is 72.4 Å². The van der Waals surface area contributed by atoms with Crippen molar-refractivity contribution in [1.29, 1.82) is 0 Å². The maximum atomic E-state index is 11.5. The molecule has 0 aliphatic heterocycles. The first kappa shape index (κ1) is 77.4. The largest absolute Gasteiger partial charge is 0.444 e. The molecule has 0 fully saturated rings. The number of rotatable bonds is 23. The van der Waals surface area contributed by atoms with E-state index in [1.807, 2.05) is 54.1 Å². The molecule has 36 heteroatoms. The Kier molecular flexibility index (Phi) is 42.0. The van der Waals surface area contributed by atoms with Gasteiger partial charge in [0.05, 0.1) is 0 Å². The molecule has 0 unspecified atom stereocenters. The maximum absolute atomic E-state index is 11.5. The number of hydrogen-bond acceptors (Lipinski definition) is 30. The van der Waals surface area contributed by atoms with Gasteiger partial charge in [-0.25, -0.2) is 14.4 Å². The Balaban J connectivity index is 0. The number of anilines is 7. The summed E-state index contributed by atoms with van der Waals surface area (Å²) in [4.78, 5) is 82.8. The summed E-state index contributed by atoms with van der Waals surface area (Å²) in [7, 11) is 1.50. The first-order chi connectivity index (χ1) is 38.2. The van der Waals surface area contributed by atoms with Crippen LogP contribution in [0, 0.1) is 0 Å². The van der Waals surface area contributed by atoms with Crippen LogP contribution in [0.3, 0.4) is 0 Å². The first-order valence-corrected chi connectivity index (χ1v) is 29.6. The van der Waals surface area contributed by atoms with Crippen LogP contribution >= 0.6 is 71.0 Å². The summed E-state index contributed by atoms with van der Waals surface area (Å²) >= 11 is 23.5. The molecule has 30 nitrogen and oxygen atoms in total. The van der Waals surface area contributed by atoms with E-state index in [2.05, 4.69) is 131 Å². The number of ether oxygens (including phenoxy) is 3.